The molecule has 1 heterocycles. The molecule has 0 bridgehead atoms. The number of aliphatic carboxylic acids is 1. The molecule has 1 amide bonds. The number of rotatable bonds is 6. The predicted octanol–water partition coefficient (Wildman–Crippen LogP) is 1.94. The number of nitrogens with zero attached hydrogens (tertiary/aromatic N) is 3. The van der Waals surface area contributed by atoms with E-state index in [0.717, 1.165) is 0 Å². The largest absolute Gasteiger partial charge is 0.481 e. The summed E-state index contributed by atoms with van der Waals surface area (Å²) < 4.78 is 28.2. The van der Waals surface area contributed by atoms with Crippen LogP contribution in [0.2, 0.25) is 5.02 Å². The molecule has 2 saturated carbocycles. The molecule has 4 atom stereocenters. The number of aromatic nitrogens is 2. The van der Waals surface area contributed by atoms with Crippen LogP contribution in [0.3, 0.4) is 0 Å². The number of benzene rings is 1. The standard InChI is InChI=1S/C20H19ClN4O5S/c21-14-8-12(25-7-1-6-24-25)2-3-15(14)31(29,30)13-4-5-19(9-13,18(27)28)16-10-20(16,11-22)17(23)26/h1-3,6-8,13,16H,4-5,9-10H2,(H2,23,26)(H,27,28)/t13-,16?,19+,20?/m1/s1. The Bertz CT molecular complexity index is 1220. The van der Waals surface area contributed by atoms with Crippen molar-refractivity contribution in [2.24, 2.45) is 22.5 Å². The fourth-order valence-electron chi connectivity index (χ4n) is 4.80. The molecule has 0 spiro atoms. The highest BCUT2D eigenvalue weighted by atomic mass is 35.5. The highest BCUT2D eigenvalue weighted by Crippen LogP contribution is 2.66. The second-order valence-corrected chi connectivity index (χ2v) is 10.7. The molecule has 2 aromatic rings. The topological polar surface area (TPSA) is 156 Å². The predicted molar refractivity (Wildman–Crippen MR) is 109 cm³/mol. The minimum Gasteiger partial charge on any atom is -0.481 e. The average molecular weight is 463 g/mol. The second kappa shape index (κ2) is 7.07. The van der Waals surface area contributed by atoms with Gasteiger partial charge in [0, 0.05) is 18.3 Å². The SMILES string of the molecule is N#CC1(C(N)=O)CC1[C@]1(C(=O)O)CC[C@@H](S(=O)(=O)c2ccc(-n3cccn3)cc2Cl)C1. The first-order valence-corrected chi connectivity index (χ1v) is 11.5. The van der Waals surface area contributed by atoms with Gasteiger partial charge in [-0.15, -0.1) is 0 Å². The molecule has 1 aromatic carbocycles. The highest BCUT2D eigenvalue weighted by molar-refractivity contribution is 7.92. The molecule has 2 aliphatic rings. The summed E-state index contributed by atoms with van der Waals surface area (Å²) in [4.78, 5) is 23.9. The van der Waals surface area contributed by atoms with Gasteiger partial charge in [-0.3, -0.25) is 9.59 Å². The maximum absolute atomic E-state index is 13.3. The molecule has 0 radical (unpaired) electrons. The number of hydrogen-bond donors (Lipinski definition) is 2. The second-order valence-electron chi connectivity index (χ2n) is 8.14. The Morgan fingerprint density at radius 1 is 1.35 bits per heavy atom. The summed E-state index contributed by atoms with van der Waals surface area (Å²) in [6.45, 7) is 0. The van der Waals surface area contributed by atoms with E-state index in [-0.39, 0.29) is 35.6 Å². The molecule has 1 aromatic heterocycles. The van der Waals surface area contributed by atoms with Gasteiger partial charge in [-0.05, 0) is 49.9 Å². The van der Waals surface area contributed by atoms with Crippen molar-refractivity contribution in [1.29, 1.82) is 5.26 Å². The van der Waals surface area contributed by atoms with Gasteiger partial charge in [-0.2, -0.15) is 10.4 Å². The van der Waals surface area contributed by atoms with Crippen LogP contribution in [-0.2, 0) is 19.4 Å². The summed E-state index contributed by atoms with van der Waals surface area (Å²) in [6.07, 6.45) is 3.21. The number of carbonyl (C=O) groups excluding carboxylic acids is 1. The number of amides is 1. The smallest absolute Gasteiger partial charge is 0.310 e. The lowest BCUT2D eigenvalue weighted by atomic mass is 9.77. The first-order valence-electron chi connectivity index (χ1n) is 9.56. The van der Waals surface area contributed by atoms with E-state index >= 15 is 0 Å². The van der Waals surface area contributed by atoms with Gasteiger partial charge in [0.25, 0.3) is 0 Å². The number of carboxylic acids is 1. The minimum absolute atomic E-state index is 0.00996. The van der Waals surface area contributed by atoms with E-state index in [4.69, 9.17) is 17.3 Å². The van der Waals surface area contributed by atoms with Crippen LogP contribution >= 0.6 is 11.6 Å². The number of primary amides is 1. The van der Waals surface area contributed by atoms with E-state index in [0.29, 0.717) is 5.69 Å². The Morgan fingerprint density at radius 3 is 2.61 bits per heavy atom. The lowest BCUT2D eigenvalue weighted by molar-refractivity contribution is -0.150. The van der Waals surface area contributed by atoms with E-state index in [1.807, 2.05) is 6.07 Å². The van der Waals surface area contributed by atoms with Crippen molar-refractivity contribution in [3.05, 3.63) is 41.7 Å². The van der Waals surface area contributed by atoms with Crippen LogP contribution in [0.25, 0.3) is 5.69 Å². The van der Waals surface area contributed by atoms with E-state index in [9.17, 15) is 28.4 Å². The molecular weight excluding hydrogens is 444 g/mol. The lowest BCUT2D eigenvalue weighted by Gasteiger charge is -2.26. The zero-order chi connectivity index (χ0) is 22.6. The third kappa shape index (κ3) is 3.11. The van der Waals surface area contributed by atoms with Gasteiger partial charge in [0.15, 0.2) is 9.84 Å². The third-order valence-electron chi connectivity index (χ3n) is 6.63. The number of sulfone groups is 1. The van der Waals surface area contributed by atoms with Gasteiger partial charge in [0.1, 0.15) is 5.41 Å². The first-order chi connectivity index (χ1) is 14.6. The van der Waals surface area contributed by atoms with Crippen molar-refractivity contribution >= 4 is 33.3 Å². The minimum atomic E-state index is -3.95. The number of nitriles is 1. The Kier molecular flexibility index (Phi) is 4.87. The van der Waals surface area contributed by atoms with Crippen molar-refractivity contribution in [3.63, 3.8) is 0 Å². The Labute approximate surface area is 183 Å². The summed E-state index contributed by atoms with van der Waals surface area (Å²) in [7, 11) is -3.95. The summed E-state index contributed by atoms with van der Waals surface area (Å²) in [5.74, 6) is -2.89. The van der Waals surface area contributed by atoms with Crippen molar-refractivity contribution in [2.75, 3.05) is 0 Å². The lowest BCUT2D eigenvalue weighted by Crippen LogP contribution is -2.37. The quantitative estimate of drug-likeness (QED) is 0.664. The maximum Gasteiger partial charge on any atom is 0.310 e. The molecule has 31 heavy (non-hydrogen) atoms. The van der Waals surface area contributed by atoms with E-state index in [1.165, 1.54) is 16.8 Å². The molecule has 4 rings (SSSR count). The monoisotopic (exact) mass is 462 g/mol. The van der Waals surface area contributed by atoms with E-state index in [1.54, 1.807) is 24.5 Å². The number of halogens is 1. The zero-order valence-corrected chi connectivity index (χ0v) is 17.8. The summed E-state index contributed by atoms with van der Waals surface area (Å²) in [6, 6.07) is 8.01. The fraction of sp³-hybridized carbons (Fsp3) is 0.400. The number of hydrogen-bond acceptors (Lipinski definition) is 6. The van der Waals surface area contributed by atoms with Gasteiger partial charge in [-0.25, -0.2) is 13.1 Å². The van der Waals surface area contributed by atoms with Gasteiger partial charge in [-0.1, -0.05) is 11.6 Å². The van der Waals surface area contributed by atoms with Gasteiger partial charge in [0.2, 0.25) is 5.91 Å². The maximum atomic E-state index is 13.3. The molecule has 0 aliphatic heterocycles. The first kappa shape index (κ1) is 21.3. The summed E-state index contributed by atoms with van der Waals surface area (Å²) in [5, 5.41) is 22.4. The highest BCUT2D eigenvalue weighted by Gasteiger charge is 2.72. The van der Waals surface area contributed by atoms with Crippen molar-refractivity contribution in [3.8, 4) is 11.8 Å². The van der Waals surface area contributed by atoms with Crippen molar-refractivity contribution in [1.82, 2.24) is 9.78 Å². The molecule has 162 valence electrons. The third-order valence-corrected chi connectivity index (χ3v) is 9.30. The van der Waals surface area contributed by atoms with Crippen LogP contribution in [0.1, 0.15) is 25.7 Å². The molecule has 9 nitrogen and oxygen atoms in total. The Hall–Kier alpha value is -2.90. The van der Waals surface area contributed by atoms with Crippen LogP contribution in [0.15, 0.2) is 41.6 Å². The van der Waals surface area contributed by atoms with Gasteiger partial charge >= 0.3 is 5.97 Å². The number of nitrogens with two attached hydrogens (primary N) is 1. The fourth-order valence-corrected chi connectivity index (χ4v) is 7.19. The Balaban J connectivity index is 1.64. The van der Waals surface area contributed by atoms with Crippen LogP contribution in [0, 0.1) is 28.1 Å². The van der Waals surface area contributed by atoms with Crippen LogP contribution in [-0.4, -0.2) is 40.4 Å². The molecule has 3 N–H and O–H groups in total. The van der Waals surface area contributed by atoms with Gasteiger partial charge in [0.05, 0.1) is 32.3 Å². The average Bonchev–Trinajstić information content (AvgIpc) is 3.09. The zero-order valence-electron chi connectivity index (χ0n) is 16.2. The van der Waals surface area contributed by atoms with Crippen molar-refractivity contribution in [2.45, 2.75) is 35.8 Å². The van der Waals surface area contributed by atoms with Crippen molar-refractivity contribution < 1.29 is 23.1 Å². The van der Waals surface area contributed by atoms with E-state index in [2.05, 4.69) is 5.10 Å². The molecular formula is C20H19ClN4O5S. The molecule has 11 heteroatoms. The van der Waals surface area contributed by atoms with E-state index < -0.39 is 43.7 Å². The number of carboxylic acid groups (broad SMARTS) is 1. The van der Waals surface area contributed by atoms with Gasteiger partial charge < -0.3 is 10.8 Å². The summed E-state index contributed by atoms with van der Waals surface area (Å²) in [5.41, 5.74) is 2.88. The molecule has 2 aliphatic carbocycles. The Morgan fingerprint density at radius 2 is 2.10 bits per heavy atom. The van der Waals surface area contributed by atoms with Crippen LogP contribution < -0.4 is 5.73 Å². The van der Waals surface area contributed by atoms with Crippen LogP contribution in [0.4, 0.5) is 0 Å². The molecule has 2 fully saturated rings. The molecule has 0 saturated heterocycles. The number of carbonyl (C=O) groups is 2. The summed E-state index contributed by atoms with van der Waals surface area (Å²) >= 11 is 6.29. The molecule has 2 unspecified atom stereocenters. The van der Waals surface area contributed by atoms with Crippen LogP contribution in [0.5, 0.6) is 0 Å². The normalized spacial score (nSPS) is 29.9.